The van der Waals surface area contributed by atoms with Crippen LogP contribution in [0, 0.1) is 10.8 Å². The van der Waals surface area contributed by atoms with E-state index in [1.165, 1.54) is 0 Å². The first-order chi connectivity index (χ1) is 6.82. The van der Waals surface area contributed by atoms with Crippen LogP contribution in [0.1, 0.15) is 47.0 Å². The van der Waals surface area contributed by atoms with Crippen molar-refractivity contribution in [3.63, 3.8) is 0 Å². The predicted molar refractivity (Wildman–Crippen MR) is 56.7 cm³/mol. The van der Waals surface area contributed by atoms with Crippen molar-refractivity contribution in [3.05, 3.63) is 0 Å². The van der Waals surface area contributed by atoms with Gasteiger partial charge in [0.15, 0.2) is 5.41 Å². The zero-order valence-corrected chi connectivity index (χ0v) is 9.83. The highest BCUT2D eigenvalue weighted by molar-refractivity contribution is 5.99. The molecule has 0 aliphatic carbocycles. The Morgan fingerprint density at radius 2 is 1.27 bits per heavy atom. The second kappa shape index (κ2) is 4.64. The SMILES string of the molecule is CCC(C)(CC)C(CC)(C(=O)O)C(=O)O. The molecule has 0 fully saturated rings. The molecule has 0 saturated heterocycles. The van der Waals surface area contributed by atoms with Crippen LogP contribution >= 0.6 is 0 Å². The highest BCUT2D eigenvalue weighted by Crippen LogP contribution is 2.47. The van der Waals surface area contributed by atoms with Gasteiger partial charge in [-0.05, 0) is 24.7 Å². The molecule has 2 N–H and O–H groups in total. The fourth-order valence-electron chi connectivity index (χ4n) is 2.19. The fraction of sp³-hybridized carbons (Fsp3) is 0.818. The summed E-state index contributed by atoms with van der Waals surface area (Å²) >= 11 is 0. The lowest BCUT2D eigenvalue weighted by molar-refractivity contribution is -0.176. The fourth-order valence-corrected chi connectivity index (χ4v) is 2.19. The summed E-state index contributed by atoms with van der Waals surface area (Å²) in [5.74, 6) is -2.47. The van der Waals surface area contributed by atoms with Gasteiger partial charge in [-0.15, -0.1) is 0 Å². The summed E-state index contributed by atoms with van der Waals surface area (Å²) < 4.78 is 0. The molecule has 0 aliphatic rings. The molecule has 0 aliphatic heterocycles. The number of carbonyl (C=O) groups is 2. The topological polar surface area (TPSA) is 74.6 Å². The molecule has 15 heavy (non-hydrogen) atoms. The summed E-state index contributed by atoms with van der Waals surface area (Å²) in [6.45, 7) is 7.02. The molecule has 0 aromatic heterocycles. The van der Waals surface area contributed by atoms with Crippen LogP contribution in [0.2, 0.25) is 0 Å². The van der Waals surface area contributed by atoms with Gasteiger partial charge in [0.2, 0.25) is 0 Å². The summed E-state index contributed by atoms with van der Waals surface area (Å²) in [5, 5.41) is 18.4. The molecule has 4 heteroatoms. The summed E-state index contributed by atoms with van der Waals surface area (Å²) in [6, 6.07) is 0. The molecule has 0 radical (unpaired) electrons. The first-order valence-corrected chi connectivity index (χ1v) is 5.29. The summed E-state index contributed by atoms with van der Waals surface area (Å²) in [6.07, 6.45) is 1.18. The first kappa shape index (κ1) is 13.9. The molecule has 0 spiro atoms. The zero-order chi connectivity index (χ0) is 12.3. The minimum Gasteiger partial charge on any atom is -0.480 e. The molecule has 0 amide bonds. The molecule has 0 rings (SSSR count). The summed E-state index contributed by atoms with van der Waals surface area (Å²) in [5.41, 5.74) is -2.38. The highest BCUT2D eigenvalue weighted by Gasteiger charge is 2.56. The number of hydrogen-bond acceptors (Lipinski definition) is 2. The second-order valence-corrected chi connectivity index (χ2v) is 4.14. The molecule has 4 nitrogen and oxygen atoms in total. The van der Waals surface area contributed by atoms with Crippen LogP contribution in [-0.4, -0.2) is 22.2 Å². The van der Waals surface area contributed by atoms with Crippen LogP contribution in [0.15, 0.2) is 0 Å². The Labute approximate surface area is 90.3 Å². The average Bonchev–Trinajstić information content (AvgIpc) is 2.18. The van der Waals surface area contributed by atoms with Crippen LogP contribution in [0.5, 0.6) is 0 Å². The van der Waals surface area contributed by atoms with Crippen LogP contribution in [0.4, 0.5) is 0 Å². The number of carboxylic acids is 2. The van der Waals surface area contributed by atoms with E-state index in [0.29, 0.717) is 12.8 Å². The molecule has 0 saturated carbocycles. The van der Waals surface area contributed by atoms with Gasteiger partial charge in [0, 0.05) is 0 Å². The van der Waals surface area contributed by atoms with E-state index in [0.717, 1.165) is 0 Å². The Hall–Kier alpha value is -1.06. The lowest BCUT2D eigenvalue weighted by atomic mass is 9.60. The number of hydrogen-bond donors (Lipinski definition) is 2. The maximum absolute atomic E-state index is 11.3. The van der Waals surface area contributed by atoms with Crippen molar-refractivity contribution >= 4 is 11.9 Å². The Bertz CT molecular complexity index is 239. The Morgan fingerprint density at radius 3 is 1.33 bits per heavy atom. The van der Waals surface area contributed by atoms with Crippen molar-refractivity contribution in [1.29, 1.82) is 0 Å². The van der Waals surface area contributed by atoms with Gasteiger partial charge in [0.1, 0.15) is 0 Å². The third-order valence-corrected chi connectivity index (χ3v) is 3.85. The smallest absolute Gasteiger partial charge is 0.321 e. The molecule has 0 unspecified atom stereocenters. The van der Waals surface area contributed by atoms with E-state index >= 15 is 0 Å². The third kappa shape index (κ3) is 1.85. The quantitative estimate of drug-likeness (QED) is 0.668. The summed E-state index contributed by atoms with van der Waals surface area (Å²) in [7, 11) is 0. The van der Waals surface area contributed by atoms with Gasteiger partial charge in [-0.3, -0.25) is 9.59 Å². The normalized spacial score (nSPS) is 12.5. The predicted octanol–water partition coefficient (Wildman–Crippen LogP) is 2.38. The lowest BCUT2D eigenvalue weighted by Gasteiger charge is -2.41. The highest BCUT2D eigenvalue weighted by atomic mass is 16.4. The van der Waals surface area contributed by atoms with Crippen molar-refractivity contribution in [2.45, 2.75) is 47.0 Å². The Balaban J connectivity index is 5.63. The van der Waals surface area contributed by atoms with Crippen molar-refractivity contribution in [2.75, 3.05) is 0 Å². The minimum atomic E-state index is -1.67. The molecule has 0 aromatic rings. The van der Waals surface area contributed by atoms with Gasteiger partial charge < -0.3 is 10.2 Å². The maximum atomic E-state index is 11.3. The molecule has 88 valence electrons. The largest absolute Gasteiger partial charge is 0.480 e. The van der Waals surface area contributed by atoms with Crippen molar-refractivity contribution in [3.8, 4) is 0 Å². The standard InChI is InChI=1S/C11H20O4/c1-5-10(4,6-2)11(7-3,8(12)13)9(14)15/h5-7H2,1-4H3,(H,12,13)(H,14,15). The first-order valence-electron chi connectivity index (χ1n) is 5.29. The van der Waals surface area contributed by atoms with Crippen molar-refractivity contribution in [1.82, 2.24) is 0 Å². The van der Waals surface area contributed by atoms with E-state index in [-0.39, 0.29) is 6.42 Å². The Morgan fingerprint density at radius 1 is 0.933 bits per heavy atom. The van der Waals surface area contributed by atoms with Crippen molar-refractivity contribution in [2.24, 2.45) is 10.8 Å². The molecule has 0 aromatic carbocycles. The number of aliphatic carboxylic acids is 2. The van der Waals surface area contributed by atoms with Crippen LogP contribution in [0.25, 0.3) is 0 Å². The van der Waals surface area contributed by atoms with Gasteiger partial charge in [-0.2, -0.15) is 0 Å². The molecule has 0 atom stereocenters. The maximum Gasteiger partial charge on any atom is 0.321 e. The third-order valence-electron chi connectivity index (χ3n) is 3.85. The van der Waals surface area contributed by atoms with Crippen molar-refractivity contribution < 1.29 is 19.8 Å². The van der Waals surface area contributed by atoms with Gasteiger partial charge >= 0.3 is 11.9 Å². The average molecular weight is 216 g/mol. The van der Waals surface area contributed by atoms with Gasteiger partial charge in [0.25, 0.3) is 0 Å². The number of carboxylic acid groups (broad SMARTS) is 2. The van der Waals surface area contributed by atoms with Gasteiger partial charge in [-0.25, -0.2) is 0 Å². The van der Waals surface area contributed by atoms with Gasteiger partial charge in [0.05, 0.1) is 0 Å². The zero-order valence-electron chi connectivity index (χ0n) is 9.83. The Kier molecular flexibility index (Phi) is 4.31. The molecule has 0 heterocycles. The molecular formula is C11H20O4. The van der Waals surface area contributed by atoms with E-state index in [9.17, 15) is 19.8 Å². The van der Waals surface area contributed by atoms with E-state index in [4.69, 9.17) is 0 Å². The van der Waals surface area contributed by atoms with Crippen LogP contribution < -0.4 is 0 Å². The second-order valence-electron chi connectivity index (χ2n) is 4.14. The lowest BCUT2D eigenvalue weighted by Crippen LogP contribution is -2.51. The van der Waals surface area contributed by atoms with Crippen LogP contribution in [-0.2, 0) is 9.59 Å². The van der Waals surface area contributed by atoms with E-state index in [1.54, 1.807) is 13.8 Å². The van der Waals surface area contributed by atoms with E-state index in [2.05, 4.69) is 0 Å². The molecule has 0 bridgehead atoms. The van der Waals surface area contributed by atoms with Crippen LogP contribution in [0.3, 0.4) is 0 Å². The van der Waals surface area contributed by atoms with E-state index in [1.807, 2.05) is 13.8 Å². The minimum absolute atomic E-state index is 0.107. The van der Waals surface area contributed by atoms with Gasteiger partial charge in [-0.1, -0.05) is 27.7 Å². The molecular weight excluding hydrogens is 196 g/mol. The monoisotopic (exact) mass is 216 g/mol. The number of rotatable bonds is 6. The summed E-state index contributed by atoms with van der Waals surface area (Å²) in [4.78, 5) is 22.6. The van der Waals surface area contributed by atoms with E-state index < -0.39 is 22.8 Å².